The standard InChI is InChI=1S/C32H43NO5/c1-27(2)9-11-32(26(37)38)12-10-31(6)24(20(32)17-27)21(35)15-23-29(4)16-19(18-33)25(36)28(3,13-14-34)22(29)7-8-30(23,31)5/h15-16,20,22,24,34H,7-14,17H2,1-6H3,(H,37,38)/t20-,22-,24-,28-,29-,30+,31+,32-/m0/s1. The van der Waals surface area contributed by atoms with Crippen LogP contribution in [0, 0.1) is 61.6 Å². The van der Waals surface area contributed by atoms with Gasteiger partial charge in [0.15, 0.2) is 11.6 Å². The van der Waals surface area contributed by atoms with Crippen LogP contribution in [-0.4, -0.2) is 34.4 Å². The predicted molar refractivity (Wildman–Crippen MR) is 143 cm³/mol. The van der Waals surface area contributed by atoms with E-state index in [0.29, 0.717) is 19.3 Å². The van der Waals surface area contributed by atoms with Gasteiger partial charge in [-0.25, -0.2) is 0 Å². The van der Waals surface area contributed by atoms with Crippen LogP contribution in [0.2, 0.25) is 0 Å². The molecule has 0 amide bonds. The summed E-state index contributed by atoms with van der Waals surface area (Å²) >= 11 is 0. The number of ketones is 2. The first-order chi connectivity index (χ1) is 17.6. The molecule has 0 heterocycles. The van der Waals surface area contributed by atoms with Gasteiger partial charge in [0.1, 0.15) is 6.07 Å². The second-order valence-electron chi connectivity index (χ2n) is 14.9. The van der Waals surface area contributed by atoms with Gasteiger partial charge in [-0.05, 0) is 85.5 Å². The molecule has 0 unspecified atom stereocenters. The molecule has 5 aliphatic carbocycles. The maximum atomic E-state index is 14.3. The predicted octanol–water partition coefficient (Wildman–Crippen LogP) is 5.65. The fourth-order valence-corrected chi connectivity index (χ4v) is 10.4. The minimum Gasteiger partial charge on any atom is -0.481 e. The van der Waals surface area contributed by atoms with E-state index in [0.717, 1.165) is 31.3 Å². The Morgan fingerprint density at radius 1 is 1.05 bits per heavy atom. The maximum absolute atomic E-state index is 14.3. The van der Waals surface area contributed by atoms with Gasteiger partial charge in [0.25, 0.3) is 0 Å². The first kappa shape index (κ1) is 27.3. The molecule has 38 heavy (non-hydrogen) atoms. The molecular formula is C32H43NO5. The van der Waals surface area contributed by atoms with Crippen LogP contribution in [0.4, 0.5) is 0 Å². The number of carbonyl (C=O) groups excluding carboxylic acids is 2. The fourth-order valence-electron chi connectivity index (χ4n) is 10.4. The molecule has 0 aromatic heterocycles. The van der Waals surface area contributed by atoms with E-state index in [1.54, 1.807) is 6.08 Å². The van der Waals surface area contributed by atoms with Crippen LogP contribution in [0.1, 0.15) is 92.9 Å². The van der Waals surface area contributed by atoms with Gasteiger partial charge in [0.2, 0.25) is 0 Å². The lowest BCUT2D eigenvalue weighted by Gasteiger charge is -2.68. The monoisotopic (exact) mass is 521 g/mol. The molecule has 0 aromatic carbocycles. The summed E-state index contributed by atoms with van der Waals surface area (Å²) in [5.41, 5.74) is -2.12. The van der Waals surface area contributed by atoms with Crippen molar-refractivity contribution in [1.29, 1.82) is 5.26 Å². The van der Waals surface area contributed by atoms with Crippen LogP contribution in [0.5, 0.6) is 0 Å². The SMILES string of the molecule is CC1(C)CC[C@]2(C(=O)O)CC[C@]3(C)[C@H](C(=O)C=C4[C@@]5(C)C=C(C#N)C(=O)[C@@](C)(CCO)[C@@H]5CC[C@]43C)[C@@H]2C1. The zero-order valence-electron chi connectivity index (χ0n) is 23.8. The van der Waals surface area contributed by atoms with E-state index in [4.69, 9.17) is 0 Å². The fraction of sp³-hybridized carbons (Fsp3) is 0.750. The second-order valence-corrected chi connectivity index (χ2v) is 14.9. The van der Waals surface area contributed by atoms with Gasteiger partial charge in [0.05, 0.1) is 11.0 Å². The van der Waals surface area contributed by atoms with Crippen LogP contribution >= 0.6 is 0 Å². The summed E-state index contributed by atoms with van der Waals surface area (Å²) in [7, 11) is 0. The number of allylic oxidation sites excluding steroid dienone is 4. The molecule has 6 heteroatoms. The van der Waals surface area contributed by atoms with E-state index in [1.807, 2.05) is 13.0 Å². The minimum absolute atomic E-state index is 0.0162. The lowest BCUT2D eigenvalue weighted by Crippen LogP contribution is -2.66. The summed E-state index contributed by atoms with van der Waals surface area (Å²) in [4.78, 5) is 40.6. The first-order valence-electron chi connectivity index (χ1n) is 14.3. The van der Waals surface area contributed by atoms with Crippen molar-refractivity contribution < 1.29 is 24.6 Å². The Labute approximate surface area is 226 Å². The van der Waals surface area contributed by atoms with Gasteiger partial charge in [-0.2, -0.15) is 5.26 Å². The molecule has 0 bridgehead atoms. The number of nitriles is 1. The van der Waals surface area contributed by atoms with Gasteiger partial charge in [0, 0.05) is 23.4 Å². The van der Waals surface area contributed by atoms with E-state index in [2.05, 4.69) is 40.7 Å². The number of carboxylic acids is 1. The summed E-state index contributed by atoms with van der Waals surface area (Å²) < 4.78 is 0. The number of aliphatic hydroxyl groups excluding tert-OH is 1. The molecule has 6 nitrogen and oxygen atoms in total. The Kier molecular flexibility index (Phi) is 5.84. The van der Waals surface area contributed by atoms with Gasteiger partial charge in [-0.1, -0.05) is 53.2 Å². The van der Waals surface area contributed by atoms with Crippen molar-refractivity contribution in [3.63, 3.8) is 0 Å². The highest BCUT2D eigenvalue weighted by Gasteiger charge is 2.71. The topological polar surface area (TPSA) is 115 Å². The quantitative estimate of drug-likeness (QED) is 0.496. The van der Waals surface area contributed by atoms with E-state index in [9.17, 15) is 29.9 Å². The highest BCUT2D eigenvalue weighted by Crippen LogP contribution is 2.74. The van der Waals surface area contributed by atoms with Gasteiger partial charge in [-0.15, -0.1) is 0 Å². The molecule has 5 aliphatic rings. The molecule has 3 fully saturated rings. The number of carboxylic acid groups (broad SMARTS) is 1. The molecule has 0 radical (unpaired) electrons. The van der Waals surface area contributed by atoms with Gasteiger partial charge < -0.3 is 10.2 Å². The van der Waals surface area contributed by atoms with Crippen molar-refractivity contribution in [2.45, 2.75) is 92.9 Å². The molecule has 0 aromatic rings. The average molecular weight is 522 g/mol. The minimum atomic E-state index is -0.884. The van der Waals surface area contributed by atoms with Crippen LogP contribution in [0.3, 0.4) is 0 Å². The molecule has 0 saturated heterocycles. The molecule has 5 rings (SSSR count). The number of Topliss-reactive ketones (excluding diaryl/α,β-unsaturated/α-hetero) is 1. The van der Waals surface area contributed by atoms with Crippen molar-refractivity contribution in [3.8, 4) is 6.07 Å². The third kappa shape index (κ3) is 3.17. The number of aliphatic hydroxyl groups is 1. The van der Waals surface area contributed by atoms with Crippen LogP contribution in [-0.2, 0) is 14.4 Å². The number of fused-ring (bicyclic) bond motifs is 7. The zero-order chi connectivity index (χ0) is 28.1. The lowest BCUT2D eigenvalue weighted by molar-refractivity contribution is -0.188. The summed E-state index contributed by atoms with van der Waals surface area (Å²) in [6.07, 6.45) is 8.88. The van der Waals surface area contributed by atoms with Crippen molar-refractivity contribution in [2.24, 2.45) is 50.2 Å². The molecule has 8 atom stereocenters. The van der Waals surface area contributed by atoms with Gasteiger partial charge >= 0.3 is 5.97 Å². The van der Waals surface area contributed by atoms with E-state index < -0.39 is 27.6 Å². The number of hydrogen-bond donors (Lipinski definition) is 2. The van der Waals surface area contributed by atoms with E-state index in [-0.39, 0.29) is 58.8 Å². The third-order valence-corrected chi connectivity index (χ3v) is 12.7. The average Bonchev–Trinajstić information content (AvgIpc) is 2.82. The largest absolute Gasteiger partial charge is 0.481 e. The Hall–Kier alpha value is -2.26. The molecular weight excluding hydrogens is 478 g/mol. The van der Waals surface area contributed by atoms with Crippen molar-refractivity contribution >= 4 is 17.5 Å². The summed E-state index contributed by atoms with van der Waals surface area (Å²) in [6, 6.07) is 2.13. The third-order valence-electron chi connectivity index (χ3n) is 12.7. The highest BCUT2D eigenvalue weighted by atomic mass is 16.4. The number of carbonyl (C=O) groups is 3. The molecule has 206 valence electrons. The molecule has 0 spiro atoms. The molecule has 0 aliphatic heterocycles. The number of nitrogens with zero attached hydrogens (tertiary/aromatic N) is 1. The summed E-state index contributed by atoms with van der Waals surface area (Å²) in [5.74, 6) is -1.66. The molecule has 2 N–H and O–H groups in total. The Morgan fingerprint density at radius 2 is 1.71 bits per heavy atom. The van der Waals surface area contributed by atoms with Crippen molar-refractivity contribution in [3.05, 3.63) is 23.3 Å². The normalized spacial score (nSPS) is 47.4. The first-order valence-corrected chi connectivity index (χ1v) is 14.3. The number of rotatable bonds is 3. The van der Waals surface area contributed by atoms with Crippen LogP contribution < -0.4 is 0 Å². The Balaban J connectivity index is 1.70. The van der Waals surface area contributed by atoms with E-state index >= 15 is 0 Å². The Morgan fingerprint density at radius 3 is 2.32 bits per heavy atom. The van der Waals surface area contributed by atoms with E-state index in [1.165, 1.54) is 0 Å². The Bertz CT molecular complexity index is 1220. The van der Waals surface area contributed by atoms with Gasteiger partial charge in [-0.3, -0.25) is 14.4 Å². The molecule has 3 saturated carbocycles. The maximum Gasteiger partial charge on any atom is 0.309 e. The van der Waals surface area contributed by atoms with Crippen LogP contribution in [0.15, 0.2) is 23.3 Å². The highest BCUT2D eigenvalue weighted by molar-refractivity contribution is 6.05. The van der Waals surface area contributed by atoms with Crippen molar-refractivity contribution in [2.75, 3.05) is 6.61 Å². The number of aliphatic carboxylic acids is 1. The van der Waals surface area contributed by atoms with Crippen molar-refractivity contribution in [1.82, 2.24) is 0 Å². The zero-order valence-corrected chi connectivity index (χ0v) is 23.8. The second kappa shape index (κ2) is 8.13. The lowest BCUT2D eigenvalue weighted by atomic mass is 9.34. The smallest absolute Gasteiger partial charge is 0.309 e. The number of hydrogen-bond acceptors (Lipinski definition) is 5. The summed E-state index contributed by atoms with van der Waals surface area (Å²) in [5, 5.41) is 30.4. The summed E-state index contributed by atoms with van der Waals surface area (Å²) in [6.45, 7) is 12.7. The van der Waals surface area contributed by atoms with Crippen LogP contribution in [0.25, 0.3) is 0 Å².